The second-order valence-corrected chi connectivity index (χ2v) is 7.28. The highest BCUT2D eigenvalue weighted by atomic mass is 35.5. The van der Waals surface area contributed by atoms with E-state index in [1.165, 1.54) is 6.07 Å². The predicted molar refractivity (Wildman–Crippen MR) is 100.0 cm³/mol. The van der Waals surface area contributed by atoms with Crippen LogP contribution in [0.4, 0.5) is 4.39 Å². The summed E-state index contributed by atoms with van der Waals surface area (Å²) in [6, 6.07) is 4.71. The number of benzene rings is 1. The Balaban J connectivity index is 1.56. The van der Waals surface area contributed by atoms with Gasteiger partial charge < -0.3 is 4.90 Å². The van der Waals surface area contributed by atoms with Gasteiger partial charge in [-0.1, -0.05) is 29.3 Å². The molecule has 26 heavy (non-hydrogen) atoms. The SMILES string of the molecule is Cc1nn(CC(=O)N2CCN(Cc3c(F)cccc3Cl)CC2)c(C)c1Cl. The van der Waals surface area contributed by atoms with Crippen LogP contribution in [-0.2, 0) is 17.9 Å². The van der Waals surface area contributed by atoms with Crippen molar-refractivity contribution in [3.63, 3.8) is 0 Å². The molecule has 0 N–H and O–H groups in total. The highest BCUT2D eigenvalue weighted by Crippen LogP contribution is 2.22. The molecule has 0 atom stereocenters. The minimum Gasteiger partial charge on any atom is -0.339 e. The molecule has 0 saturated carbocycles. The maximum atomic E-state index is 13.9. The molecule has 0 unspecified atom stereocenters. The number of nitrogens with zero attached hydrogens (tertiary/aromatic N) is 4. The van der Waals surface area contributed by atoms with E-state index in [9.17, 15) is 9.18 Å². The van der Waals surface area contributed by atoms with Gasteiger partial charge in [0.1, 0.15) is 12.4 Å². The monoisotopic (exact) mass is 398 g/mol. The molecular weight excluding hydrogens is 378 g/mol. The van der Waals surface area contributed by atoms with Crippen LogP contribution in [-0.4, -0.2) is 51.7 Å². The molecule has 8 heteroatoms. The van der Waals surface area contributed by atoms with Crippen molar-refractivity contribution in [3.8, 4) is 0 Å². The van der Waals surface area contributed by atoms with Crippen molar-refractivity contribution in [2.45, 2.75) is 26.9 Å². The van der Waals surface area contributed by atoms with Crippen LogP contribution in [0.5, 0.6) is 0 Å². The third-order valence-corrected chi connectivity index (χ3v) is 5.65. The van der Waals surface area contributed by atoms with Gasteiger partial charge in [-0.15, -0.1) is 0 Å². The maximum Gasteiger partial charge on any atom is 0.244 e. The first kappa shape index (κ1) is 19.1. The van der Waals surface area contributed by atoms with E-state index in [0.29, 0.717) is 48.3 Å². The van der Waals surface area contributed by atoms with Gasteiger partial charge in [0.25, 0.3) is 0 Å². The Hall–Kier alpha value is -1.63. The van der Waals surface area contributed by atoms with Gasteiger partial charge >= 0.3 is 0 Å². The lowest BCUT2D eigenvalue weighted by atomic mass is 10.2. The highest BCUT2D eigenvalue weighted by Gasteiger charge is 2.23. The number of carbonyl (C=O) groups is 1. The minimum atomic E-state index is -0.294. The summed E-state index contributed by atoms with van der Waals surface area (Å²) in [7, 11) is 0. The molecular formula is C18H21Cl2FN4O. The summed E-state index contributed by atoms with van der Waals surface area (Å²) in [4.78, 5) is 16.5. The molecule has 140 valence electrons. The van der Waals surface area contributed by atoms with Gasteiger partial charge in [0, 0.05) is 43.3 Å². The summed E-state index contributed by atoms with van der Waals surface area (Å²) in [5.41, 5.74) is 2.03. The third-order valence-electron chi connectivity index (χ3n) is 4.75. The fraction of sp³-hybridized carbons (Fsp3) is 0.444. The average Bonchev–Trinajstić information content (AvgIpc) is 2.86. The van der Waals surface area contributed by atoms with E-state index in [4.69, 9.17) is 23.2 Å². The zero-order chi connectivity index (χ0) is 18.8. The summed E-state index contributed by atoms with van der Waals surface area (Å²) < 4.78 is 15.6. The Labute approximate surface area is 162 Å². The van der Waals surface area contributed by atoms with Gasteiger partial charge in [0.15, 0.2) is 0 Å². The van der Waals surface area contributed by atoms with Crippen LogP contribution in [0.15, 0.2) is 18.2 Å². The molecule has 1 fully saturated rings. The first-order valence-electron chi connectivity index (χ1n) is 8.49. The molecule has 0 bridgehead atoms. The molecule has 1 aromatic carbocycles. The number of piperazine rings is 1. The van der Waals surface area contributed by atoms with Crippen LogP contribution in [0.2, 0.25) is 10.0 Å². The number of amides is 1. The van der Waals surface area contributed by atoms with Crippen LogP contribution < -0.4 is 0 Å². The van der Waals surface area contributed by atoms with E-state index in [1.54, 1.807) is 16.8 Å². The fourth-order valence-electron chi connectivity index (χ4n) is 3.12. The van der Waals surface area contributed by atoms with E-state index in [1.807, 2.05) is 18.7 Å². The molecule has 2 aromatic rings. The lowest BCUT2D eigenvalue weighted by molar-refractivity contribution is -0.133. The van der Waals surface area contributed by atoms with Gasteiger partial charge in [-0.05, 0) is 26.0 Å². The third kappa shape index (κ3) is 4.03. The van der Waals surface area contributed by atoms with Crippen molar-refractivity contribution in [1.29, 1.82) is 0 Å². The van der Waals surface area contributed by atoms with Crippen molar-refractivity contribution < 1.29 is 9.18 Å². The molecule has 1 aromatic heterocycles. The predicted octanol–water partition coefficient (Wildman–Crippen LogP) is 3.29. The molecule has 0 spiro atoms. The number of aromatic nitrogens is 2. The molecule has 0 radical (unpaired) electrons. The van der Waals surface area contributed by atoms with Gasteiger partial charge in [0.05, 0.1) is 16.4 Å². The molecule has 5 nitrogen and oxygen atoms in total. The lowest BCUT2D eigenvalue weighted by Gasteiger charge is -2.35. The van der Waals surface area contributed by atoms with Crippen molar-refractivity contribution in [3.05, 3.63) is 51.0 Å². The molecule has 0 aliphatic carbocycles. The summed E-state index contributed by atoms with van der Waals surface area (Å²) in [5.74, 6) is -0.284. The molecule has 2 heterocycles. The second kappa shape index (κ2) is 7.94. The number of hydrogen-bond donors (Lipinski definition) is 0. The molecule has 1 aliphatic heterocycles. The van der Waals surface area contributed by atoms with Gasteiger partial charge in [0.2, 0.25) is 5.91 Å². The number of halogens is 3. The van der Waals surface area contributed by atoms with Gasteiger partial charge in [-0.25, -0.2) is 4.39 Å². The second-order valence-electron chi connectivity index (χ2n) is 6.50. The first-order chi connectivity index (χ1) is 12.4. The van der Waals surface area contributed by atoms with Crippen LogP contribution in [0.3, 0.4) is 0 Å². The fourth-order valence-corrected chi connectivity index (χ4v) is 3.48. The Morgan fingerprint density at radius 3 is 2.46 bits per heavy atom. The Morgan fingerprint density at radius 1 is 1.19 bits per heavy atom. The summed E-state index contributed by atoms with van der Waals surface area (Å²) in [6.07, 6.45) is 0. The molecule has 3 rings (SSSR count). The maximum absolute atomic E-state index is 13.9. The Morgan fingerprint density at radius 2 is 1.88 bits per heavy atom. The number of hydrogen-bond acceptors (Lipinski definition) is 3. The number of carbonyl (C=O) groups excluding carboxylic acids is 1. The quantitative estimate of drug-likeness (QED) is 0.793. The van der Waals surface area contributed by atoms with E-state index in [-0.39, 0.29) is 18.3 Å². The molecule has 1 amide bonds. The van der Waals surface area contributed by atoms with Crippen molar-refractivity contribution in [1.82, 2.24) is 19.6 Å². The van der Waals surface area contributed by atoms with E-state index in [0.717, 1.165) is 11.4 Å². The van der Waals surface area contributed by atoms with Gasteiger partial charge in [-0.3, -0.25) is 14.4 Å². The number of aryl methyl sites for hydroxylation is 1. The highest BCUT2D eigenvalue weighted by molar-refractivity contribution is 6.32. The first-order valence-corrected chi connectivity index (χ1v) is 9.25. The van der Waals surface area contributed by atoms with Crippen LogP contribution in [0, 0.1) is 19.7 Å². The average molecular weight is 399 g/mol. The minimum absolute atomic E-state index is 0.0100. The number of rotatable bonds is 4. The summed E-state index contributed by atoms with van der Waals surface area (Å²) in [5, 5.41) is 5.34. The smallest absolute Gasteiger partial charge is 0.244 e. The van der Waals surface area contributed by atoms with Gasteiger partial charge in [-0.2, -0.15) is 5.10 Å². The van der Waals surface area contributed by atoms with Crippen molar-refractivity contribution >= 4 is 29.1 Å². The Bertz CT molecular complexity index is 796. The zero-order valence-electron chi connectivity index (χ0n) is 14.8. The van der Waals surface area contributed by atoms with Crippen molar-refractivity contribution in [2.24, 2.45) is 0 Å². The summed E-state index contributed by atoms with van der Waals surface area (Å²) in [6.45, 7) is 6.84. The van der Waals surface area contributed by atoms with Crippen molar-refractivity contribution in [2.75, 3.05) is 26.2 Å². The molecule has 1 aliphatic rings. The largest absolute Gasteiger partial charge is 0.339 e. The normalized spacial score (nSPS) is 15.5. The van der Waals surface area contributed by atoms with E-state index < -0.39 is 0 Å². The van der Waals surface area contributed by atoms with E-state index >= 15 is 0 Å². The van der Waals surface area contributed by atoms with E-state index in [2.05, 4.69) is 10.00 Å². The molecule has 1 saturated heterocycles. The summed E-state index contributed by atoms with van der Waals surface area (Å²) >= 11 is 12.2. The topological polar surface area (TPSA) is 41.4 Å². The Kier molecular flexibility index (Phi) is 5.85. The zero-order valence-corrected chi connectivity index (χ0v) is 16.3. The van der Waals surface area contributed by atoms with Crippen LogP contribution in [0.1, 0.15) is 17.0 Å². The lowest BCUT2D eigenvalue weighted by Crippen LogP contribution is -2.49. The van der Waals surface area contributed by atoms with Crippen LogP contribution in [0.25, 0.3) is 0 Å². The standard InChI is InChI=1S/C18H21Cl2FN4O/c1-12-18(20)13(2)25(22-12)11-17(26)24-8-6-23(7-9-24)10-14-15(19)4-3-5-16(14)21/h3-5H,6-11H2,1-2H3. The van der Waals surface area contributed by atoms with Crippen LogP contribution >= 0.6 is 23.2 Å².